The molecule has 0 radical (unpaired) electrons. The lowest BCUT2D eigenvalue weighted by Gasteiger charge is -2.14. The molecule has 1 unspecified atom stereocenters. The average molecular weight is 166 g/mol. The van der Waals surface area contributed by atoms with E-state index in [-0.39, 0.29) is 0 Å². The maximum atomic E-state index is 10.4. The lowest BCUT2D eigenvalue weighted by atomic mass is 10.4. The summed E-state index contributed by atoms with van der Waals surface area (Å²) in [6.45, 7) is 1.39. The van der Waals surface area contributed by atoms with Gasteiger partial charge in [-0.2, -0.15) is 5.06 Å². The Morgan fingerprint density at radius 2 is 2.00 bits per heavy atom. The molecule has 3 N–H and O–H groups in total. The van der Waals surface area contributed by atoms with Gasteiger partial charge in [-0.3, -0.25) is 0 Å². The SMILES string of the molecule is NP(=O)(O)ON1CCCC1. The first-order valence-electron chi connectivity index (χ1n) is 3.14. The number of hydrogen-bond donors (Lipinski definition) is 2. The van der Waals surface area contributed by atoms with Crippen molar-refractivity contribution in [3.8, 4) is 0 Å². The molecular weight excluding hydrogens is 155 g/mol. The second-order valence-corrected chi connectivity index (χ2v) is 3.57. The van der Waals surface area contributed by atoms with E-state index in [1.54, 1.807) is 0 Å². The zero-order chi connectivity index (χ0) is 7.61. The molecule has 1 heterocycles. The van der Waals surface area contributed by atoms with Crippen molar-refractivity contribution in [3.63, 3.8) is 0 Å². The molecule has 60 valence electrons. The third-order valence-corrected chi connectivity index (χ3v) is 1.76. The van der Waals surface area contributed by atoms with Crippen LogP contribution in [0.25, 0.3) is 0 Å². The zero-order valence-corrected chi connectivity index (χ0v) is 6.46. The van der Waals surface area contributed by atoms with Crippen molar-refractivity contribution in [2.45, 2.75) is 12.8 Å². The topological polar surface area (TPSA) is 75.8 Å². The summed E-state index contributed by atoms with van der Waals surface area (Å²) in [5.74, 6) is 0. The van der Waals surface area contributed by atoms with Crippen LogP contribution in [0.4, 0.5) is 0 Å². The summed E-state index contributed by atoms with van der Waals surface area (Å²) in [6.07, 6.45) is 2.00. The lowest BCUT2D eigenvalue weighted by Crippen LogP contribution is -2.20. The quantitative estimate of drug-likeness (QED) is 0.568. The molecule has 0 aliphatic carbocycles. The highest BCUT2D eigenvalue weighted by atomic mass is 31.2. The van der Waals surface area contributed by atoms with Crippen molar-refractivity contribution in [1.29, 1.82) is 0 Å². The summed E-state index contributed by atoms with van der Waals surface area (Å²) in [7, 11) is -3.79. The van der Waals surface area contributed by atoms with Gasteiger partial charge >= 0.3 is 7.75 Å². The Bertz CT molecular complexity index is 151. The standard InChI is InChI=1S/C4H11N2O3P/c5-10(7,8)9-6-3-1-2-4-6/h1-4H2,(H3,5,7,8). The van der Waals surface area contributed by atoms with E-state index in [2.05, 4.69) is 4.62 Å². The van der Waals surface area contributed by atoms with Crippen LogP contribution in [0.5, 0.6) is 0 Å². The molecule has 0 bridgehead atoms. The van der Waals surface area contributed by atoms with Gasteiger partial charge in [0.15, 0.2) is 0 Å². The van der Waals surface area contributed by atoms with Gasteiger partial charge in [-0.1, -0.05) is 0 Å². The van der Waals surface area contributed by atoms with Gasteiger partial charge < -0.3 is 4.89 Å². The molecule has 1 saturated heterocycles. The van der Waals surface area contributed by atoms with E-state index in [0.29, 0.717) is 13.1 Å². The zero-order valence-electron chi connectivity index (χ0n) is 5.56. The highest BCUT2D eigenvalue weighted by Gasteiger charge is 2.20. The van der Waals surface area contributed by atoms with E-state index in [1.165, 1.54) is 5.06 Å². The first-order valence-corrected chi connectivity index (χ1v) is 4.79. The van der Waals surface area contributed by atoms with Crippen molar-refractivity contribution < 1.29 is 14.1 Å². The Balaban J connectivity index is 2.31. The molecule has 1 rings (SSSR count). The van der Waals surface area contributed by atoms with Crippen molar-refractivity contribution in [1.82, 2.24) is 5.06 Å². The van der Waals surface area contributed by atoms with Gasteiger partial charge in [-0.15, -0.1) is 0 Å². The highest BCUT2D eigenvalue weighted by molar-refractivity contribution is 7.50. The number of hydrogen-bond acceptors (Lipinski definition) is 3. The molecular formula is C4H11N2O3P. The molecule has 10 heavy (non-hydrogen) atoms. The summed E-state index contributed by atoms with van der Waals surface area (Å²) < 4.78 is 15.0. The minimum atomic E-state index is -3.79. The molecule has 0 saturated carbocycles. The van der Waals surface area contributed by atoms with Crippen LogP contribution < -0.4 is 5.50 Å². The molecule has 6 heteroatoms. The number of rotatable bonds is 2. The number of nitrogens with zero attached hydrogens (tertiary/aromatic N) is 1. The summed E-state index contributed by atoms with van der Waals surface area (Å²) in [5, 5.41) is 1.43. The maximum Gasteiger partial charge on any atom is 0.416 e. The van der Waals surface area contributed by atoms with Gasteiger partial charge in [0, 0.05) is 13.1 Å². The van der Waals surface area contributed by atoms with Crippen LogP contribution in [0.1, 0.15) is 12.8 Å². The fraction of sp³-hybridized carbons (Fsp3) is 1.00. The van der Waals surface area contributed by atoms with Crippen LogP contribution in [0.3, 0.4) is 0 Å². The third-order valence-electron chi connectivity index (χ3n) is 1.30. The molecule has 0 spiro atoms. The van der Waals surface area contributed by atoms with E-state index in [4.69, 9.17) is 10.4 Å². The van der Waals surface area contributed by atoms with Gasteiger partial charge in [0.1, 0.15) is 0 Å². The van der Waals surface area contributed by atoms with E-state index < -0.39 is 7.75 Å². The Morgan fingerprint density at radius 1 is 1.50 bits per heavy atom. The minimum Gasteiger partial charge on any atom is -0.312 e. The molecule has 0 aromatic heterocycles. The Hall–Kier alpha value is 0.0700. The van der Waals surface area contributed by atoms with Crippen molar-refractivity contribution in [2.24, 2.45) is 5.50 Å². The minimum absolute atomic E-state index is 0.696. The molecule has 5 nitrogen and oxygen atoms in total. The molecule has 1 fully saturated rings. The fourth-order valence-corrected chi connectivity index (χ4v) is 1.43. The molecule has 1 aliphatic heterocycles. The van der Waals surface area contributed by atoms with Crippen LogP contribution in [0, 0.1) is 0 Å². The Kier molecular flexibility index (Phi) is 2.44. The summed E-state index contributed by atoms with van der Waals surface area (Å²) in [5.41, 5.74) is 4.76. The van der Waals surface area contributed by atoms with Crippen molar-refractivity contribution in [3.05, 3.63) is 0 Å². The van der Waals surface area contributed by atoms with Crippen LogP contribution in [0.2, 0.25) is 0 Å². The van der Waals surface area contributed by atoms with Gasteiger partial charge in [0.25, 0.3) is 0 Å². The second kappa shape index (κ2) is 2.98. The molecule has 0 amide bonds. The number of hydroxylamine groups is 2. The highest BCUT2D eigenvalue weighted by Crippen LogP contribution is 2.33. The first kappa shape index (κ1) is 8.17. The Morgan fingerprint density at radius 3 is 2.40 bits per heavy atom. The fourth-order valence-electron chi connectivity index (χ4n) is 0.935. The monoisotopic (exact) mass is 166 g/mol. The van der Waals surface area contributed by atoms with Crippen LogP contribution in [-0.2, 0) is 9.19 Å². The van der Waals surface area contributed by atoms with Crippen LogP contribution in [0.15, 0.2) is 0 Å². The van der Waals surface area contributed by atoms with Gasteiger partial charge in [0.05, 0.1) is 0 Å². The summed E-state index contributed by atoms with van der Waals surface area (Å²) >= 11 is 0. The van der Waals surface area contributed by atoms with E-state index in [9.17, 15) is 4.57 Å². The van der Waals surface area contributed by atoms with Crippen LogP contribution in [-0.4, -0.2) is 23.0 Å². The van der Waals surface area contributed by atoms with E-state index >= 15 is 0 Å². The van der Waals surface area contributed by atoms with Crippen LogP contribution >= 0.6 is 7.75 Å². The van der Waals surface area contributed by atoms with Crippen molar-refractivity contribution >= 4 is 7.75 Å². The Labute approximate surface area is 59.3 Å². The maximum absolute atomic E-state index is 10.4. The largest absolute Gasteiger partial charge is 0.416 e. The predicted octanol–water partition coefficient (Wildman–Crippen LogP) is 0.0729. The summed E-state index contributed by atoms with van der Waals surface area (Å²) in [6, 6.07) is 0. The van der Waals surface area contributed by atoms with Crippen molar-refractivity contribution in [2.75, 3.05) is 13.1 Å². The summed E-state index contributed by atoms with van der Waals surface area (Å²) in [4.78, 5) is 8.55. The number of nitrogens with two attached hydrogens (primary N) is 1. The molecule has 1 atom stereocenters. The second-order valence-electron chi connectivity index (χ2n) is 2.28. The molecule has 0 aromatic carbocycles. The normalized spacial score (nSPS) is 26.6. The predicted molar refractivity (Wildman–Crippen MR) is 35.9 cm³/mol. The van der Waals surface area contributed by atoms with E-state index in [1.807, 2.05) is 0 Å². The van der Waals surface area contributed by atoms with E-state index in [0.717, 1.165) is 12.8 Å². The average Bonchev–Trinajstić information content (AvgIpc) is 2.12. The third kappa shape index (κ3) is 2.77. The van der Waals surface area contributed by atoms with Gasteiger partial charge in [-0.05, 0) is 12.8 Å². The lowest BCUT2D eigenvalue weighted by molar-refractivity contribution is -0.0444. The first-order chi connectivity index (χ1) is 4.58. The van der Waals surface area contributed by atoms with Gasteiger partial charge in [-0.25, -0.2) is 14.7 Å². The molecule has 1 aliphatic rings. The smallest absolute Gasteiger partial charge is 0.312 e. The van der Waals surface area contributed by atoms with Gasteiger partial charge in [0.2, 0.25) is 0 Å². The molecule has 0 aromatic rings.